The van der Waals surface area contributed by atoms with Crippen LogP contribution in [0.1, 0.15) is 42.2 Å². The van der Waals surface area contributed by atoms with Gasteiger partial charge in [-0.15, -0.1) is 0 Å². The number of piperidine rings is 1. The number of aliphatic hydroxyl groups is 1. The number of carbonyl (C=O) groups excluding carboxylic acids is 1. The van der Waals surface area contributed by atoms with Gasteiger partial charge in [-0.1, -0.05) is 30.3 Å². The van der Waals surface area contributed by atoms with Gasteiger partial charge in [0.2, 0.25) is 0 Å². The SMILES string of the molecule is CC(C)n1cc(C(=O)N2CC[C@@H](O)[C@](Cc3ccccc3)(C(=O)O)C2)cn1. The zero-order chi connectivity index (χ0) is 19.6. The van der Waals surface area contributed by atoms with Gasteiger partial charge in [0.1, 0.15) is 5.41 Å². The first-order valence-electron chi connectivity index (χ1n) is 9.12. The van der Waals surface area contributed by atoms with E-state index in [2.05, 4.69) is 5.10 Å². The number of aliphatic hydroxyl groups excluding tert-OH is 1. The van der Waals surface area contributed by atoms with Crippen molar-refractivity contribution < 1.29 is 19.8 Å². The number of hydrogen-bond acceptors (Lipinski definition) is 4. The second-order valence-electron chi connectivity index (χ2n) is 7.46. The fourth-order valence-electron chi connectivity index (χ4n) is 3.59. The maximum absolute atomic E-state index is 12.9. The number of carboxylic acids is 1. The summed E-state index contributed by atoms with van der Waals surface area (Å²) < 4.78 is 1.69. The van der Waals surface area contributed by atoms with E-state index in [1.54, 1.807) is 10.9 Å². The Hall–Kier alpha value is -2.67. The molecule has 0 radical (unpaired) electrons. The van der Waals surface area contributed by atoms with E-state index in [1.807, 2.05) is 44.2 Å². The minimum absolute atomic E-state index is 0.0376. The van der Waals surface area contributed by atoms with E-state index in [0.29, 0.717) is 12.1 Å². The lowest BCUT2D eigenvalue weighted by Gasteiger charge is -2.43. The second-order valence-corrected chi connectivity index (χ2v) is 7.46. The third-order valence-electron chi connectivity index (χ3n) is 5.24. The number of benzene rings is 1. The van der Waals surface area contributed by atoms with Crippen LogP contribution in [0.2, 0.25) is 0 Å². The van der Waals surface area contributed by atoms with Crippen molar-refractivity contribution in [1.82, 2.24) is 14.7 Å². The minimum atomic E-state index is -1.43. The third kappa shape index (κ3) is 3.73. The summed E-state index contributed by atoms with van der Waals surface area (Å²) >= 11 is 0. The Labute approximate surface area is 158 Å². The number of carboxylic acid groups (broad SMARTS) is 1. The molecular weight excluding hydrogens is 346 g/mol. The molecule has 0 unspecified atom stereocenters. The van der Waals surface area contributed by atoms with Gasteiger partial charge in [-0.05, 0) is 32.3 Å². The highest BCUT2D eigenvalue weighted by Gasteiger charge is 2.50. The maximum Gasteiger partial charge on any atom is 0.314 e. The Balaban J connectivity index is 1.86. The first kappa shape index (κ1) is 19.1. The molecule has 1 fully saturated rings. The fraction of sp³-hybridized carbons (Fsp3) is 0.450. The minimum Gasteiger partial charge on any atom is -0.481 e. The molecule has 1 aromatic carbocycles. The molecule has 1 aliphatic heterocycles. The maximum atomic E-state index is 12.9. The quantitative estimate of drug-likeness (QED) is 0.838. The first-order valence-corrected chi connectivity index (χ1v) is 9.12. The Morgan fingerprint density at radius 2 is 2.00 bits per heavy atom. The van der Waals surface area contributed by atoms with E-state index < -0.39 is 17.5 Å². The molecule has 2 aromatic rings. The van der Waals surface area contributed by atoms with E-state index in [-0.39, 0.29) is 31.3 Å². The molecule has 1 aliphatic rings. The van der Waals surface area contributed by atoms with Gasteiger partial charge < -0.3 is 15.1 Å². The Morgan fingerprint density at radius 1 is 1.30 bits per heavy atom. The van der Waals surface area contributed by atoms with Gasteiger partial charge in [0.05, 0.1) is 17.9 Å². The van der Waals surface area contributed by atoms with Gasteiger partial charge in [0, 0.05) is 25.3 Å². The van der Waals surface area contributed by atoms with Gasteiger partial charge in [0.25, 0.3) is 5.91 Å². The summed E-state index contributed by atoms with van der Waals surface area (Å²) in [6, 6.07) is 9.34. The Morgan fingerprint density at radius 3 is 2.59 bits per heavy atom. The molecule has 3 rings (SSSR count). The summed E-state index contributed by atoms with van der Waals surface area (Å²) in [5.41, 5.74) is -0.177. The largest absolute Gasteiger partial charge is 0.481 e. The molecule has 27 heavy (non-hydrogen) atoms. The van der Waals surface area contributed by atoms with Crippen LogP contribution in [0.25, 0.3) is 0 Å². The molecule has 0 bridgehead atoms. The van der Waals surface area contributed by atoms with Crippen LogP contribution in [0.4, 0.5) is 0 Å². The van der Waals surface area contributed by atoms with Crippen molar-refractivity contribution in [2.24, 2.45) is 5.41 Å². The van der Waals surface area contributed by atoms with Crippen molar-refractivity contribution in [3.63, 3.8) is 0 Å². The van der Waals surface area contributed by atoms with Crippen LogP contribution in [-0.4, -0.2) is 56.0 Å². The number of amides is 1. The van der Waals surface area contributed by atoms with E-state index in [0.717, 1.165) is 5.56 Å². The summed E-state index contributed by atoms with van der Waals surface area (Å²) in [6.07, 6.45) is 2.56. The summed E-state index contributed by atoms with van der Waals surface area (Å²) in [7, 11) is 0. The van der Waals surface area contributed by atoms with Crippen LogP contribution in [0, 0.1) is 5.41 Å². The van der Waals surface area contributed by atoms with E-state index in [4.69, 9.17) is 0 Å². The molecule has 7 heteroatoms. The zero-order valence-electron chi connectivity index (χ0n) is 15.6. The first-order chi connectivity index (χ1) is 12.8. The van der Waals surface area contributed by atoms with Gasteiger partial charge in [0.15, 0.2) is 0 Å². The number of rotatable bonds is 5. The number of aliphatic carboxylic acids is 1. The van der Waals surface area contributed by atoms with Crippen LogP contribution in [0.15, 0.2) is 42.7 Å². The molecule has 1 saturated heterocycles. The molecule has 2 heterocycles. The van der Waals surface area contributed by atoms with Crippen molar-refractivity contribution in [2.75, 3.05) is 13.1 Å². The van der Waals surface area contributed by atoms with Crippen LogP contribution in [0.5, 0.6) is 0 Å². The molecule has 144 valence electrons. The molecule has 0 aliphatic carbocycles. The third-order valence-corrected chi connectivity index (χ3v) is 5.24. The topological polar surface area (TPSA) is 95.7 Å². The lowest BCUT2D eigenvalue weighted by atomic mass is 9.72. The van der Waals surface area contributed by atoms with Crippen molar-refractivity contribution in [2.45, 2.75) is 38.8 Å². The van der Waals surface area contributed by atoms with Crippen LogP contribution >= 0.6 is 0 Å². The number of likely N-dealkylation sites (tertiary alicyclic amines) is 1. The highest BCUT2D eigenvalue weighted by molar-refractivity contribution is 5.94. The van der Waals surface area contributed by atoms with Gasteiger partial charge in [-0.25, -0.2) is 0 Å². The van der Waals surface area contributed by atoms with Gasteiger partial charge in [-0.3, -0.25) is 14.3 Å². The van der Waals surface area contributed by atoms with Crippen LogP contribution < -0.4 is 0 Å². The lowest BCUT2D eigenvalue weighted by Crippen LogP contribution is -2.58. The normalized spacial score (nSPS) is 22.8. The number of hydrogen-bond donors (Lipinski definition) is 2. The van der Waals surface area contributed by atoms with Gasteiger partial charge >= 0.3 is 5.97 Å². The lowest BCUT2D eigenvalue weighted by molar-refractivity contribution is -0.161. The summed E-state index contributed by atoms with van der Waals surface area (Å²) in [6.45, 7) is 4.21. The predicted molar refractivity (Wildman–Crippen MR) is 99.4 cm³/mol. The van der Waals surface area contributed by atoms with Gasteiger partial charge in [-0.2, -0.15) is 5.10 Å². The molecule has 0 saturated carbocycles. The summed E-state index contributed by atoms with van der Waals surface area (Å²) in [5.74, 6) is -1.35. The van der Waals surface area contributed by atoms with Crippen molar-refractivity contribution >= 4 is 11.9 Å². The zero-order valence-corrected chi connectivity index (χ0v) is 15.6. The van der Waals surface area contributed by atoms with Crippen molar-refractivity contribution in [3.8, 4) is 0 Å². The summed E-state index contributed by atoms with van der Waals surface area (Å²) in [4.78, 5) is 26.6. The van der Waals surface area contributed by atoms with Crippen LogP contribution in [-0.2, 0) is 11.2 Å². The fourth-order valence-corrected chi connectivity index (χ4v) is 3.59. The van der Waals surface area contributed by atoms with E-state index in [9.17, 15) is 19.8 Å². The standard InChI is InChI=1S/C20H25N3O4/c1-14(2)23-12-16(11-21-23)18(25)22-9-8-17(24)20(13-22,19(26)27)10-15-6-4-3-5-7-15/h3-7,11-12,14,17,24H,8-10,13H2,1-2H3,(H,26,27)/t17-,20-/m1/s1. The second kappa shape index (κ2) is 7.52. The predicted octanol–water partition coefficient (Wildman–Crippen LogP) is 1.98. The average molecular weight is 371 g/mol. The number of carbonyl (C=O) groups is 2. The highest BCUT2D eigenvalue weighted by atomic mass is 16.4. The molecule has 2 atom stereocenters. The monoisotopic (exact) mass is 371 g/mol. The number of aromatic nitrogens is 2. The molecule has 0 spiro atoms. The summed E-state index contributed by atoms with van der Waals surface area (Å²) in [5, 5.41) is 24.7. The smallest absolute Gasteiger partial charge is 0.314 e. The molecular formula is C20H25N3O4. The average Bonchev–Trinajstić information content (AvgIpc) is 3.14. The van der Waals surface area contributed by atoms with E-state index >= 15 is 0 Å². The molecule has 1 amide bonds. The molecule has 1 aromatic heterocycles. The molecule has 2 N–H and O–H groups in total. The van der Waals surface area contributed by atoms with E-state index in [1.165, 1.54) is 11.1 Å². The van der Waals surface area contributed by atoms with Crippen LogP contribution in [0.3, 0.4) is 0 Å². The number of nitrogens with zero attached hydrogens (tertiary/aromatic N) is 3. The Kier molecular flexibility index (Phi) is 5.32. The Bertz CT molecular complexity index is 818. The highest BCUT2D eigenvalue weighted by Crippen LogP contribution is 2.35. The molecule has 7 nitrogen and oxygen atoms in total. The van der Waals surface area contributed by atoms with Crippen molar-refractivity contribution in [3.05, 3.63) is 53.9 Å². The van der Waals surface area contributed by atoms with Crippen molar-refractivity contribution in [1.29, 1.82) is 0 Å².